The van der Waals surface area contributed by atoms with Crippen molar-refractivity contribution in [3.8, 4) is 0 Å². The van der Waals surface area contributed by atoms with Gasteiger partial charge in [-0.1, -0.05) is 0 Å². The first-order valence-electron chi connectivity index (χ1n) is 5.89. The molecule has 96 valence electrons. The van der Waals surface area contributed by atoms with Crippen LogP contribution in [0, 0.1) is 0 Å². The maximum atomic E-state index is 11.3. The van der Waals surface area contributed by atoms with Crippen LogP contribution in [-0.2, 0) is 9.53 Å². The maximum Gasteiger partial charge on any atom is 0.307 e. The number of rotatable bonds is 2. The van der Waals surface area contributed by atoms with Crippen LogP contribution in [0.4, 0.5) is 0 Å². The summed E-state index contributed by atoms with van der Waals surface area (Å²) in [6.07, 6.45) is 5.67. The van der Waals surface area contributed by atoms with E-state index in [4.69, 9.17) is 4.74 Å². The van der Waals surface area contributed by atoms with E-state index in [2.05, 4.69) is 25.8 Å². The highest BCUT2D eigenvalue weighted by Crippen LogP contribution is 2.37. The van der Waals surface area contributed by atoms with Crippen LogP contribution < -0.4 is 0 Å². The molecule has 0 radical (unpaired) electrons. The van der Waals surface area contributed by atoms with Crippen molar-refractivity contribution in [2.75, 3.05) is 6.54 Å². The summed E-state index contributed by atoms with van der Waals surface area (Å²) in [4.78, 5) is 15.4. The molecule has 0 aliphatic carbocycles. The van der Waals surface area contributed by atoms with Gasteiger partial charge in [0.05, 0.1) is 18.0 Å². The van der Waals surface area contributed by atoms with E-state index in [1.807, 2.05) is 26.3 Å². The number of hydrogen-bond donors (Lipinski definition) is 0. The Morgan fingerprint density at radius 3 is 2.24 bits per heavy atom. The highest BCUT2D eigenvalue weighted by molar-refractivity contribution is 5.66. The Bertz CT molecular complexity index is 364. The first-order chi connectivity index (χ1) is 7.62. The van der Waals surface area contributed by atoms with Crippen molar-refractivity contribution in [2.45, 2.75) is 52.8 Å². The molecule has 4 nitrogen and oxygen atoms in total. The van der Waals surface area contributed by atoms with Gasteiger partial charge in [0.2, 0.25) is 5.72 Å². The van der Waals surface area contributed by atoms with Crippen LogP contribution in [0.5, 0.6) is 0 Å². The van der Waals surface area contributed by atoms with Crippen molar-refractivity contribution in [1.29, 1.82) is 0 Å². The second-order valence-corrected chi connectivity index (χ2v) is 5.89. The molecule has 0 saturated carbocycles. The monoisotopic (exact) mass is 239 g/mol. The molecule has 17 heavy (non-hydrogen) atoms. The predicted octanol–water partition coefficient (Wildman–Crippen LogP) is 2.46. The Morgan fingerprint density at radius 2 is 1.88 bits per heavy atom. The summed E-state index contributed by atoms with van der Waals surface area (Å²) in [5, 5.41) is 0. The lowest BCUT2D eigenvalue weighted by Gasteiger charge is -2.53. The molecular weight excluding hydrogens is 216 g/mol. The van der Waals surface area contributed by atoms with Crippen LogP contribution in [0.1, 0.15) is 41.5 Å². The topological polar surface area (TPSA) is 38.7 Å². The maximum absolute atomic E-state index is 11.3. The van der Waals surface area contributed by atoms with Gasteiger partial charge in [0.25, 0.3) is 0 Å². The van der Waals surface area contributed by atoms with E-state index in [0.717, 1.165) is 6.54 Å². The zero-order valence-corrected chi connectivity index (χ0v) is 11.7. The summed E-state index contributed by atoms with van der Waals surface area (Å²) in [5.74, 6) is -0.257. The Kier molecular flexibility index (Phi) is 3.48. The zero-order valence-electron chi connectivity index (χ0n) is 11.7. The number of carbonyl (C=O) groups is 1. The van der Waals surface area contributed by atoms with Crippen molar-refractivity contribution < 1.29 is 14.0 Å². The molecule has 0 aromatic rings. The number of hydrogen-bond acceptors (Lipinski definition) is 3. The summed E-state index contributed by atoms with van der Waals surface area (Å²) >= 11 is 0. The first-order valence-corrected chi connectivity index (χ1v) is 5.89. The molecule has 1 heterocycles. The van der Waals surface area contributed by atoms with Gasteiger partial charge in [-0.25, -0.2) is 0 Å². The van der Waals surface area contributed by atoms with E-state index >= 15 is 0 Å². The lowest BCUT2D eigenvalue weighted by atomic mass is 9.96. The number of quaternary nitrogens is 1. The van der Waals surface area contributed by atoms with E-state index in [0.29, 0.717) is 4.48 Å². The average Bonchev–Trinajstić information content (AvgIpc) is 2.15. The summed E-state index contributed by atoms with van der Waals surface area (Å²) in [6.45, 7) is 12.5. The number of nitrogens with zero attached hydrogens (tertiary/aromatic N) is 2. The number of carbonyl (C=O) groups excluding carboxylic acids is 1. The number of ether oxygens (including phenoxy) is 1. The van der Waals surface area contributed by atoms with Crippen LogP contribution in [0.2, 0.25) is 0 Å². The van der Waals surface area contributed by atoms with E-state index < -0.39 is 5.72 Å². The fourth-order valence-electron chi connectivity index (χ4n) is 2.59. The number of aliphatic imine (C=N–C) groups is 1. The summed E-state index contributed by atoms with van der Waals surface area (Å²) in [6, 6.07) is 0. The average molecular weight is 239 g/mol. The molecule has 1 atom stereocenters. The third-order valence-electron chi connectivity index (χ3n) is 3.43. The third kappa shape index (κ3) is 2.41. The van der Waals surface area contributed by atoms with E-state index in [1.165, 1.54) is 6.92 Å². The van der Waals surface area contributed by atoms with Gasteiger partial charge in [-0.15, -0.1) is 0 Å². The fraction of sp³-hybridized carbons (Fsp3) is 0.692. The summed E-state index contributed by atoms with van der Waals surface area (Å²) in [5.41, 5.74) is -0.699. The van der Waals surface area contributed by atoms with Crippen LogP contribution in [0.15, 0.2) is 17.4 Å². The van der Waals surface area contributed by atoms with Gasteiger partial charge in [0.1, 0.15) is 12.7 Å². The standard InChI is InChI=1S/C13H23N2O2/c1-11(16)17-13(5,6)15(12(2,3)4)9-7-14-8-10-15/h7-9H,10H2,1-6H3/q+1. The van der Waals surface area contributed by atoms with Gasteiger partial charge >= 0.3 is 5.97 Å². The minimum atomic E-state index is -0.618. The SMILES string of the molecule is CC(=O)OC(C)(C)[N+]1(C(C)(C)C)C=CN=CC1. The lowest BCUT2D eigenvalue weighted by molar-refractivity contribution is -0.982. The Labute approximate surface area is 104 Å². The van der Waals surface area contributed by atoms with Crippen molar-refractivity contribution in [2.24, 2.45) is 4.99 Å². The normalized spacial score (nSPS) is 24.8. The third-order valence-corrected chi connectivity index (χ3v) is 3.43. The second-order valence-electron chi connectivity index (χ2n) is 5.89. The smallest absolute Gasteiger partial charge is 0.307 e. The molecule has 0 aromatic carbocycles. The van der Waals surface area contributed by atoms with Gasteiger partial charge in [-0.05, 0) is 20.8 Å². The molecule has 0 amide bonds. The zero-order chi connectivity index (χ0) is 13.3. The minimum absolute atomic E-state index is 0.0815. The fourth-order valence-corrected chi connectivity index (χ4v) is 2.59. The number of esters is 1. The predicted molar refractivity (Wildman–Crippen MR) is 68.4 cm³/mol. The molecule has 0 fully saturated rings. The van der Waals surface area contributed by atoms with E-state index in [-0.39, 0.29) is 11.5 Å². The van der Waals surface area contributed by atoms with Crippen molar-refractivity contribution >= 4 is 12.2 Å². The van der Waals surface area contributed by atoms with Crippen LogP contribution >= 0.6 is 0 Å². The molecule has 0 aromatic heterocycles. The summed E-state index contributed by atoms with van der Waals surface area (Å²) < 4.78 is 6.07. The van der Waals surface area contributed by atoms with Crippen LogP contribution in [0.3, 0.4) is 0 Å². The first kappa shape index (κ1) is 13.9. The van der Waals surface area contributed by atoms with Gasteiger partial charge in [0.15, 0.2) is 0 Å². The lowest BCUT2D eigenvalue weighted by Crippen LogP contribution is -2.69. The van der Waals surface area contributed by atoms with Gasteiger partial charge in [-0.3, -0.25) is 14.3 Å². The quantitative estimate of drug-likeness (QED) is 0.548. The molecule has 1 rings (SSSR count). The minimum Gasteiger partial charge on any atom is -0.410 e. The molecular formula is C13H23N2O2+. The van der Waals surface area contributed by atoms with Gasteiger partial charge in [0, 0.05) is 20.8 Å². The van der Waals surface area contributed by atoms with E-state index in [9.17, 15) is 4.79 Å². The highest BCUT2D eigenvalue weighted by Gasteiger charge is 2.53. The molecule has 0 spiro atoms. The van der Waals surface area contributed by atoms with Crippen molar-refractivity contribution in [1.82, 2.24) is 0 Å². The molecule has 4 heteroatoms. The Hall–Kier alpha value is -1.16. The molecule has 0 bridgehead atoms. The van der Waals surface area contributed by atoms with Crippen molar-refractivity contribution in [3.63, 3.8) is 0 Å². The highest BCUT2D eigenvalue weighted by atomic mass is 16.6. The molecule has 1 aliphatic rings. The summed E-state index contributed by atoms with van der Waals surface area (Å²) in [7, 11) is 0. The Morgan fingerprint density at radius 1 is 1.29 bits per heavy atom. The molecule has 0 saturated heterocycles. The molecule has 0 N–H and O–H groups in total. The largest absolute Gasteiger partial charge is 0.410 e. The molecule has 1 aliphatic heterocycles. The molecule has 1 unspecified atom stereocenters. The van der Waals surface area contributed by atoms with Gasteiger partial charge < -0.3 is 4.74 Å². The van der Waals surface area contributed by atoms with Crippen molar-refractivity contribution in [3.05, 3.63) is 12.4 Å². The van der Waals surface area contributed by atoms with Crippen LogP contribution in [0.25, 0.3) is 0 Å². The Balaban J connectivity index is 3.20. The van der Waals surface area contributed by atoms with Crippen LogP contribution in [-0.4, -0.2) is 34.5 Å². The second kappa shape index (κ2) is 4.26. The van der Waals surface area contributed by atoms with Gasteiger partial charge in [-0.2, -0.15) is 0 Å². The van der Waals surface area contributed by atoms with E-state index in [1.54, 1.807) is 6.20 Å².